The number of carbonyl (C=O) groups excluding carboxylic acids is 2. The lowest BCUT2D eigenvalue weighted by atomic mass is 10.1. The van der Waals surface area contributed by atoms with Crippen LogP contribution in [-0.2, 0) is 4.79 Å². The molecule has 1 atom stereocenters. The van der Waals surface area contributed by atoms with Crippen LogP contribution in [-0.4, -0.2) is 52.3 Å². The van der Waals surface area contributed by atoms with E-state index in [0.29, 0.717) is 42.2 Å². The minimum atomic E-state index is -0.376. The van der Waals surface area contributed by atoms with Crippen molar-refractivity contribution in [3.8, 4) is 11.5 Å². The molecule has 1 saturated heterocycles. The third kappa shape index (κ3) is 3.44. The molecule has 0 spiro atoms. The number of carbonyl (C=O) groups is 2. The van der Waals surface area contributed by atoms with Crippen LogP contribution in [0, 0.1) is 11.7 Å². The summed E-state index contributed by atoms with van der Waals surface area (Å²) in [5.41, 5.74) is 2.27. The summed E-state index contributed by atoms with van der Waals surface area (Å²) in [7, 11) is 0. The fourth-order valence-electron chi connectivity index (χ4n) is 3.99. The van der Waals surface area contributed by atoms with E-state index in [2.05, 4.69) is 4.98 Å². The first kappa shape index (κ1) is 18.8. The van der Waals surface area contributed by atoms with Crippen molar-refractivity contribution in [3.05, 3.63) is 53.8 Å². The molecule has 30 heavy (non-hydrogen) atoms. The van der Waals surface area contributed by atoms with Crippen LogP contribution in [0.15, 0.2) is 46.9 Å². The quantitative estimate of drug-likeness (QED) is 0.664. The van der Waals surface area contributed by atoms with Crippen LogP contribution < -0.4 is 0 Å². The van der Waals surface area contributed by atoms with Crippen molar-refractivity contribution in [1.29, 1.82) is 0 Å². The van der Waals surface area contributed by atoms with Gasteiger partial charge in [0, 0.05) is 48.8 Å². The van der Waals surface area contributed by atoms with Crippen molar-refractivity contribution in [1.82, 2.24) is 14.8 Å². The SMILES string of the molecule is C[C@@H]1CN(C(=O)c2ccc(-c3nc4ccc(F)cc4o3)cc2)CCN1C(=O)C1CC1. The largest absolute Gasteiger partial charge is 0.436 e. The van der Waals surface area contributed by atoms with E-state index in [1.165, 1.54) is 12.1 Å². The van der Waals surface area contributed by atoms with E-state index in [-0.39, 0.29) is 29.6 Å². The Kier molecular flexibility index (Phi) is 4.53. The minimum absolute atomic E-state index is 0.0233. The van der Waals surface area contributed by atoms with Crippen molar-refractivity contribution in [2.24, 2.45) is 5.92 Å². The Balaban J connectivity index is 1.29. The smallest absolute Gasteiger partial charge is 0.253 e. The molecule has 1 aliphatic heterocycles. The monoisotopic (exact) mass is 407 g/mol. The predicted octanol–water partition coefficient (Wildman–Crippen LogP) is 3.72. The number of oxazole rings is 1. The number of aromatic nitrogens is 1. The van der Waals surface area contributed by atoms with Crippen LogP contribution in [0.1, 0.15) is 30.1 Å². The zero-order valence-electron chi connectivity index (χ0n) is 16.7. The van der Waals surface area contributed by atoms with Gasteiger partial charge in [-0.15, -0.1) is 0 Å². The Hall–Kier alpha value is -3.22. The predicted molar refractivity (Wildman–Crippen MR) is 109 cm³/mol. The fourth-order valence-corrected chi connectivity index (χ4v) is 3.99. The normalized spacial score (nSPS) is 19.3. The molecular weight excluding hydrogens is 385 g/mol. The first-order valence-electron chi connectivity index (χ1n) is 10.3. The molecule has 2 fully saturated rings. The highest BCUT2D eigenvalue weighted by molar-refractivity contribution is 5.95. The van der Waals surface area contributed by atoms with E-state index in [1.54, 1.807) is 35.2 Å². The molecule has 0 bridgehead atoms. The number of nitrogens with zero attached hydrogens (tertiary/aromatic N) is 3. The molecule has 154 valence electrons. The van der Waals surface area contributed by atoms with Crippen LogP contribution in [0.3, 0.4) is 0 Å². The Morgan fingerprint density at radius 2 is 1.87 bits per heavy atom. The molecule has 2 amide bonds. The standard InChI is InChI=1S/C23H22FN3O3/c1-14-13-26(10-11-27(14)23(29)17-6-7-17)22(28)16-4-2-15(3-5-16)21-25-19-9-8-18(24)12-20(19)30-21/h2-5,8-9,12,14,17H,6-7,10-11,13H2,1H3/t14-/m1/s1. The number of hydrogen-bond donors (Lipinski definition) is 0. The van der Waals surface area contributed by atoms with Crippen molar-refractivity contribution in [2.75, 3.05) is 19.6 Å². The number of hydrogen-bond acceptors (Lipinski definition) is 4. The third-order valence-electron chi connectivity index (χ3n) is 5.85. The van der Waals surface area contributed by atoms with Gasteiger partial charge in [-0.2, -0.15) is 0 Å². The second-order valence-electron chi connectivity index (χ2n) is 8.11. The maximum Gasteiger partial charge on any atom is 0.253 e. The number of amides is 2. The molecule has 2 aliphatic rings. The summed E-state index contributed by atoms with van der Waals surface area (Å²) in [5, 5.41) is 0. The second kappa shape index (κ2) is 7.23. The summed E-state index contributed by atoms with van der Waals surface area (Å²) in [4.78, 5) is 33.4. The summed E-state index contributed by atoms with van der Waals surface area (Å²) < 4.78 is 19.0. The van der Waals surface area contributed by atoms with Crippen LogP contribution in [0.4, 0.5) is 4.39 Å². The highest BCUT2D eigenvalue weighted by atomic mass is 19.1. The maximum atomic E-state index is 13.4. The molecule has 1 aromatic heterocycles. The van der Waals surface area contributed by atoms with E-state index >= 15 is 0 Å². The van der Waals surface area contributed by atoms with Crippen LogP contribution in [0.25, 0.3) is 22.6 Å². The first-order valence-corrected chi connectivity index (χ1v) is 10.3. The lowest BCUT2D eigenvalue weighted by Gasteiger charge is -2.40. The lowest BCUT2D eigenvalue weighted by Crippen LogP contribution is -2.55. The third-order valence-corrected chi connectivity index (χ3v) is 5.85. The van der Waals surface area contributed by atoms with Crippen molar-refractivity contribution >= 4 is 22.9 Å². The van der Waals surface area contributed by atoms with Crippen LogP contribution >= 0.6 is 0 Å². The molecule has 0 radical (unpaired) electrons. The molecule has 5 rings (SSSR count). The van der Waals surface area contributed by atoms with Gasteiger partial charge in [0.15, 0.2) is 5.58 Å². The van der Waals surface area contributed by atoms with Gasteiger partial charge in [0.2, 0.25) is 11.8 Å². The van der Waals surface area contributed by atoms with Crippen molar-refractivity contribution < 1.29 is 18.4 Å². The van der Waals surface area contributed by atoms with Crippen LogP contribution in [0.5, 0.6) is 0 Å². The Morgan fingerprint density at radius 3 is 2.57 bits per heavy atom. The van der Waals surface area contributed by atoms with Gasteiger partial charge in [0.05, 0.1) is 0 Å². The Bertz CT molecular complexity index is 1120. The number of fused-ring (bicyclic) bond motifs is 1. The molecule has 0 unspecified atom stereocenters. The average Bonchev–Trinajstić information content (AvgIpc) is 3.52. The number of benzene rings is 2. The van der Waals surface area contributed by atoms with Gasteiger partial charge in [0.25, 0.3) is 5.91 Å². The number of halogens is 1. The zero-order valence-corrected chi connectivity index (χ0v) is 16.7. The summed E-state index contributed by atoms with van der Waals surface area (Å²) in [6, 6.07) is 11.3. The zero-order chi connectivity index (χ0) is 20.8. The van der Waals surface area contributed by atoms with Gasteiger partial charge in [-0.05, 0) is 56.2 Å². The number of rotatable bonds is 3. The van der Waals surface area contributed by atoms with Crippen molar-refractivity contribution in [3.63, 3.8) is 0 Å². The first-order chi connectivity index (χ1) is 14.5. The van der Waals surface area contributed by atoms with Gasteiger partial charge in [-0.25, -0.2) is 9.37 Å². The topological polar surface area (TPSA) is 66.7 Å². The van der Waals surface area contributed by atoms with E-state index in [4.69, 9.17) is 4.42 Å². The molecule has 6 nitrogen and oxygen atoms in total. The van der Waals surface area contributed by atoms with Gasteiger partial charge in [-0.3, -0.25) is 9.59 Å². The minimum Gasteiger partial charge on any atom is -0.436 e. The summed E-state index contributed by atoms with van der Waals surface area (Å²) in [5.74, 6) is 0.393. The van der Waals surface area contributed by atoms with E-state index in [0.717, 1.165) is 18.4 Å². The van der Waals surface area contributed by atoms with Crippen LogP contribution in [0.2, 0.25) is 0 Å². The number of piperazine rings is 1. The molecule has 2 heterocycles. The highest BCUT2D eigenvalue weighted by Crippen LogP contribution is 2.32. The van der Waals surface area contributed by atoms with E-state index in [1.807, 2.05) is 11.8 Å². The molecule has 3 aromatic rings. The van der Waals surface area contributed by atoms with Gasteiger partial charge in [0.1, 0.15) is 11.3 Å². The van der Waals surface area contributed by atoms with Crippen molar-refractivity contribution in [2.45, 2.75) is 25.8 Å². The Morgan fingerprint density at radius 1 is 1.10 bits per heavy atom. The van der Waals surface area contributed by atoms with Gasteiger partial charge in [-0.1, -0.05) is 0 Å². The van der Waals surface area contributed by atoms with E-state index in [9.17, 15) is 14.0 Å². The maximum absolute atomic E-state index is 13.4. The molecule has 2 aromatic carbocycles. The van der Waals surface area contributed by atoms with Gasteiger partial charge >= 0.3 is 0 Å². The molecular formula is C23H22FN3O3. The molecule has 1 saturated carbocycles. The van der Waals surface area contributed by atoms with E-state index < -0.39 is 0 Å². The summed E-state index contributed by atoms with van der Waals surface area (Å²) in [6.07, 6.45) is 1.98. The lowest BCUT2D eigenvalue weighted by molar-refractivity contribution is -0.136. The molecule has 0 N–H and O–H groups in total. The van der Waals surface area contributed by atoms with Gasteiger partial charge < -0.3 is 14.2 Å². The molecule has 7 heteroatoms. The average molecular weight is 407 g/mol. The highest BCUT2D eigenvalue weighted by Gasteiger charge is 2.38. The second-order valence-corrected chi connectivity index (χ2v) is 8.11. The fraction of sp³-hybridized carbons (Fsp3) is 0.348. The summed E-state index contributed by atoms with van der Waals surface area (Å²) in [6.45, 7) is 3.66. The molecule has 1 aliphatic carbocycles. The summed E-state index contributed by atoms with van der Waals surface area (Å²) >= 11 is 0. The Labute approximate surface area is 173 Å².